The van der Waals surface area contributed by atoms with Crippen molar-refractivity contribution >= 4 is 33.4 Å². The van der Waals surface area contributed by atoms with Gasteiger partial charge in [0.1, 0.15) is 5.65 Å². The van der Waals surface area contributed by atoms with E-state index >= 15 is 0 Å². The Morgan fingerprint density at radius 2 is 2.38 bits per heavy atom. The molecule has 0 radical (unpaired) electrons. The van der Waals surface area contributed by atoms with Gasteiger partial charge in [-0.15, -0.1) is 11.3 Å². The van der Waals surface area contributed by atoms with Crippen LogP contribution in [-0.4, -0.2) is 30.6 Å². The SMILES string of the molecule is Cn1cc(-c2csc(NC(=O)Cc3c[nH]c4ncccc34)n2)cn1. The largest absolute Gasteiger partial charge is 0.346 e. The zero-order valence-electron chi connectivity index (χ0n) is 12.9. The fourth-order valence-corrected chi connectivity index (χ4v) is 3.25. The van der Waals surface area contributed by atoms with E-state index in [1.54, 1.807) is 17.1 Å². The molecule has 7 nitrogen and oxygen atoms in total. The van der Waals surface area contributed by atoms with E-state index in [9.17, 15) is 4.79 Å². The van der Waals surface area contributed by atoms with E-state index < -0.39 is 0 Å². The number of thiazole rings is 1. The highest BCUT2D eigenvalue weighted by Gasteiger charge is 2.12. The highest BCUT2D eigenvalue weighted by atomic mass is 32.1. The number of nitrogens with zero attached hydrogens (tertiary/aromatic N) is 4. The standard InChI is InChI=1S/C16H14N6OS/c1-22-8-11(7-19-22)13-9-24-16(20-13)21-14(23)5-10-6-18-15-12(10)3-2-4-17-15/h2-4,6-9H,5H2,1H3,(H,17,18)(H,20,21,23). The second kappa shape index (κ2) is 5.89. The molecule has 0 aliphatic rings. The van der Waals surface area contributed by atoms with Crippen molar-refractivity contribution in [1.29, 1.82) is 0 Å². The van der Waals surface area contributed by atoms with Gasteiger partial charge in [0.05, 0.1) is 18.3 Å². The topological polar surface area (TPSA) is 88.5 Å². The third kappa shape index (κ3) is 2.79. The Kier molecular flexibility index (Phi) is 3.58. The summed E-state index contributed by atoms with van der Waals surface area (Å²) < 4.78 is 1.72. The normalized spacial score (nSPS) is 11.0. The lowest BCUT2D eigenvalue weighted by Crippen LogP contribution is -2.14. The molecular formula is C16H14N6OS. The van der Waals surface area contributed by atoms with Crippen LogP contribution in [0.2, 0.25) is 0 Å². The molecule has 0 spiro atoms. The average molecular weight is 338 g/mol. The van der Waals surface area contributed by atoms with Crippen LogP contribution in [0, 0.1) is 0 Å². The van der Waals surface area contributed by atoms with Crippen LogP contribution in [0.3, 0.4) is 0 Å². The van der Waals surface area contributed by atoms with Crippen molar-refractivity contribution in [3.63, 3.8) is 0 Å². The Labute approximate surface area is 141 Å². The fraction of sp³-hybridized carbons (Fsp3) is 0.125. The van der Waals surface area contributed by atoms with Crippen molar-refractivity contribution in [2.75, 3.05) is 5.32 Å². The van der Waals surface area contributed by atoms with Crippen molar-refractivity contribution in [2.45, 2.75) is 6.42 Å². The Morgan fingerprint density at radius 3 is 3.21 bits per heavy atom. The summed E-state index contributed by atoms with van der Waals surface area (Å²) in [7, 11) is 1.86. The van der Waals surface area contributed by atoms with E-state index in [0.29, 0.717) is 5.13 Å². The van der Waals surface area contributed by atoms with Gasteiger partial charge in [0.25, 0.3) is 0 Å². The predicted octanol–water partition coefficient (Wildman–Crippen LogP) is 2.60. The van der Waals surface area contributed by atoms with E-state index in [0.717, 1.165) is 27.9 Å². The molecule has 0 aliphatic carbocycles. The molecule has 4 heterocycles. The number of fused-ring (bicyclic) bond motifs is 1. The molecule has 0 aliphatic heterocycles. The van der Waals surface area contributed by atoms with Crippen molar-refractivity contribution in [2.24, 2.45) is 7.05 Å². The number of pyridine rings is 1. The Morgan fingerprint density at radius 1 is 1.46 bits per heavy atom. The molecule has 4 aromatic rings. The monoisotopic (exact) mass is 338 g/mol. The van der Waals surface area contributed by atoms with Crippen LogP contribution in [-0.2, 0) is 18.3 Å². The van der Waals surface area contributed by atoms with Crippen LogP contribution in [0.25, 0.3) is 22.3 Å². The lowest BCUT2D eigenvalue weighted by Gasteiger charge is -2.00. The third-order valence-corrected chi connectivity index (χ3v) is 4.40. The molecular weight excluding hydrogens is 324 g/mol. The van der Waals surface area contributed by atoms with Crippen LogP contribution in [0.1, 0.15) is 5.56 Å². The summed E-state index contributed by atoms with van der Waals surface area (Å²) in [6.07, 6.45) is 7.45. The first kappa shape index (κ1) is 14.6. The van der Waals surface area contributed by atoms with Crippen LogP contribution in [0.15, 0.2) is 42.3 Å². The summed E-state index contributed by atoms with van der Waals surface area (Å²) >= 11 is 1.40. The Balaban J connectivity index is 1.47. The molecule has 4 aromatic heterocycles. The van der Waals surface area contributed by atoms with Crippen molar-refractivity contribution in [3.8, 4) is 11.3 Å². The zero-order chi connectivity index (χ0) is 16.5. The summed E-state index contributed by atoms with van der Waals surface area (Å²) in [6.45, 7) is 0. The molecule has 1 amide bonds. The number of hydrogen-bond donors (Lipinski definition) is 2. The van der Waals surface area contributed by atoms with Crippen molar-refractivity contribution < 1.29 is 4.79 Å². The summed E-state index contributed by atoms with van der Waals surface area (Å²) in [5.74, 6) is -0.105. The Bertz CT molecular complexity index is 1010. The van der Waals surface area contributed by atoms with Gasteiger partial charge < -0.3 is 10.3 Å². The number of anilines is 1. The first-order valence-corrected chi connectivity index (χ1v) is 8.22. The second-order valence-corrected chi connectivity index (χ2v) is 6.24. The van der Waals surface area contributed by atoms with E-state index in [2.05, 4.69) is 25.4 Å². The molecule has 0 saturated carbocycles. The highest BCUT2D eigenvalue weighted by molar-refractivity contribution is 7.14. The number of carbonyl (C=O) groups excluding carboxylic acids is 1. The van der Waals surface area contributed by atoms with E-state index in [1.165, 1.54) is 11.3 Å². The Hall–Kier alpha value is -3.00. The van der Waals surface area contributed by atoms with Gasteiger partial charge in [-0.2, -0.15) is 5.10 Å². The number of nitrogens with one attached hydrogen (secondary N) is 2. The number of H-pyrrole nitrogens is 1. The first-order valence-electron chi connectivity index (χ1n) is 7.34. The summed E-state index contributed by atoms with van der Waals surface area (Å²) in [4.78, 5) is 24.0. The summed E-state index contributed by atoms with van der Waals surface area (Å²) in [5.41, 5.74) is 3.43. The van der Waals surface area contributed by atoms with Crippen LogP contribution < -0.4 is 5.32 Å². The third-order valence-electron chi connectivity index (χ3n) is 3.64. The maximum absolute atomic E-state index is 12.3. The van der Waals surface area contributed by atoms with Gasteiger partial charge in [0.15, 0.2) is 5.13 Å². The van der Waals surface area contributed by atoms with Crippen LogP contribution in [0.4, 0.5) is 5.13 Å². The van der Waals surface area contributed by atoms with Crippen LogP contribution in [0.5, 0.6) is 0 Å². The van der Waals surface area contributed by atoms with Crippen molar-refractivity contribution in [3.05, 3.63) is 47.9 Å². The lowest BCUT2D eigenvalue weighted by atomic mass is 10.1. The molecule has 120 valence electrons. The molecule has 0 bridgehead atoms. The average Bonchev–Trinajstić information content (AvgIpc) is 3.28. The minimum absolute atomic E-state index is 0.105. The van der Waals surface area contributed by atoms with Gasteiger partial charge in [-0.05, 0) is 17.7 Å². The first-order chi connectivity index (χ1) is 11.7. The minimum atomic E-state index is -0.105. The van der Waals surface area contributed by atoms with Gasteiger partial charge in [0, 0.05) is 42.0 Å². The molecule has 0 fully saturated rings. The van der Waals surface area contributed by atoms with Crippen molar-refractivity contribution in [1.82, 2.24) is 24.7 Å². The number of aromatic nitrogens is 5. The quantitative estimate of drug-likeness (QED) is 0.599. The zero-order valence-corrected chi connectivity index (χ0v) is 13.7. The number of aryl methyl sites for hydroxylation is 1. The van der Waals surface area contributed by atoms with Gasteiger partial charge in [0.2, 0.25) is 5.91 Å². The van der Waals surface area contributed by atoms with E-state index in [-0.39, 0.29) is 12.3 Å². The second-order valence-electron chi connectivity index (χ2n) is 5.38. The molecule has 0 saturated heterocycles. The van der Waals surface area contributed by atoms with E-state index in [4.69, 9.17) is 0 Å². The summed E-state index contributed by atoms with van der Waals surface area (Å²) in [6, 6.07) is 3.81. The maximum atomic E-state index is 12.3. The molecule has 4 rings (SSSR count). The molecule has 0 unspecified atom stereocenters. The number of carbonyl (C=O) groups is 1. The van der Waals surface area contributed by atoms with Crippen LogP contribution >= 0.6 is 11.3 Å². The lowest BCUT2D eigenvalue weighted by molar-refractivity contribution is -0.115. The molecule has 8 heteroatoms. The molecule has 2 N–H and O–H groups in total. The molecule has 0 aromatic carbocycles. The van der Waals surface area contributed by atoms with Gasteiger partial charge in [-0.1, -0.05) is 0 Å². The number of aromatic amines is 1. The van der Waals surface area contributed by atoms with Gasteiger partial charge >= 0.3 is 0 Å². The number of hydrogen-bond acceptors (Lipinski definition) is 5. The highest BCUT2D eigenvalue weighted by Crippen LogP contribution is 2.24. The minimum Gasteiger partial charge on any atom is -0.346 e. The van der Waals surface area contributed by atoms with Gasteiger partial charge in [-0.25, -0.2) is 9.97 Å². The predicted molar refractivity (Wildman–Crippen MR) is 92.7 cm³/mol. The maximum Gasteiger partial charge on any atom is 0.230 e. The number of amides is 1. The smallest absolute Gasteiger partial charge is 0.230 e. The molecule has 24 heavy (non-hydrogen) atoms. The van der Waals surface area contributed by atoms with Gasteiger partial charge in [-0.3, -0.25) is 9.48 Å². The number of rotatable bonds is 4. The molecule has 0 atom stereocenters. The van der Waals surface area contributed by atoms with E-state index in [1.807, 2.05) is 37.0 Å². The summed E-state index contributed by atoms with van der Waals surface area (Å²) in [5, 5.41) is 10.4. The fourth-order valence-electron chi connectivity index (χ4n) is 2.51.